The summed E-state index contributed by atoms with van der Waals surface area (Å²) >= 11 is 0. The number of fused-ring (bicyclic) bond motifs is 2. The number of nitrogens with two attached hydrogens (primary N) is 1. The summed E-state index contributed by atoms with van der Waals surface area (Å²) < 4.78 is 0. The molecule has 1 atom stereocenters. The lowest BCUT2D eigenvalue weighted by molar-refractivity contribution is 0.762. The minimum Gasteiger partial charge on any atom is -0.399 e. The molecule has 104 valence electrons. The van der Waals surface area contributed by atoms with Gasteiger partial charge in [0.05, 0.1) is 23.4 Å². The third-order valence-corrected chi connectivity index (χ3v) is 4.12. The molecule has 3 aromatic rings. The Bertz CT molecular complexity index is 807. The van der Waals surface area contributed by atoms with Crippen LogP contribution >= 0.6 is 0 Å². The Morgan fingerprint density at radius 3 is 3.00 bits per heavy atom. The van der Waals surface area contributed by atoms with Crippen molar-refractivity contribution < 1.29 is 0 Å². The minimum atomic E-state index is 0.313. The molecule has 4 heteroatoms. The number of rotatable bonds is 2. The molecular weight excluding hydrogens is 260 g/mol. The molecule has 4 rings (SSSR count). The highest BCUT2D eigenvalue weighted by atomic mass is 15.1. The van der Waals surface area contributed by atoms with Crippen LogP contribution in [0.25, 0.3) is 10.9 Å². The van der Waals surface area contributed by atoms with Crippen LogP contribution in [0.3, 0.4) is 0 Å². The Hall–Kier alpha value is -2.62. The maximum Gasteiger partial charge on any atom is 0.0950 e. The summed E-state index contributed by atoms with van der Waals surface area (Å²) in [5, 5.41) is 13.0. The molecule has 1 aliphatic carbocycles. The van der Waals surface area contributed by atoms with E-state index in [9.17, 15) is 0 Å². The van der Waals surface area contributed by atoms with E-state index < -0.39 is 0 Å². The van der Waals surface area contributed by atoms with Gasteiger partial charge in [0.25, 0.3) is 0 Å². The summed E-state index contributed by atoms with van der Waals surface area (Å²) in [6.07, 6.45) is 3.95. The van der Waals surface area contributed by atoms with E-state index in [0.717, 1.165) is 35.1 Å². The molecule has 1 unspecified atom stereocenters. The van der Waals surface area contributed by atoms with Gasteiger partial charge in [0.15, 0.2) is 0 Å². The fourth-order valence-electron chi connectivity index (χ4n) is 3.10. The zero-order valence-corrected chi connectivity index (χ0v) is 11.6. The normalized spacial score (nSPS) is 16.9. The van der Waals surface area contributed by atoms with Gasteiger partial charge in [-0.2, -0.15) is 10.2 Å². The fraction of sp³-hybridized carbons (Fsp3) is 0.176. The highest BCUT2D eigenvalue weighted by molar-refractivity contribution is 5.90. The van der Waals surface area contributed by atoms with Crippen LogP contribution in [0.1, 0.15) is 23.6 Å². The van der Waals surface area contributed by atoms with Gasteiger partial charge in [-0.25, -0.2) is 0 Å². The van der Waals surface area contributed by atoms with E-state index in [4.69, 9.17) is 5.73 Å². The number of aryl methyl sites for hydroxylation is 1. The van der Waals surface area contributed by atoms with Crippen molar-refractivity contribution in [2.45, 2.75) is 18.9 Å². The van der Waals surface area contributed by atoms with Crippen LogP contribution in [0.4, 0.5) is 11.4 Å². The van der Waals surface area contributed by atoms with E-state index in [1.54, 1.807) is 6.20 Å². The second-order valence-corrected chi connectivity index (χ2v) is 5.47. The topological polar surface area (TPSA) is 63.8 Å². The molecule has 0 aliphatic heterocycles. The predicted octanol–water partition coefficient (Wildman–Crippen LogP) is 3.31. The molecule has 3 N–H and O–H groups in total. The van der Waals surface area contributed by atoms with Crippen molar-refractivity contribution >= 4 is 22.3 Å². The fourth-order valence-corrected chi connectivity index (χ4v) is 3.10. The predicted molar refractivity (Wildman–Crippen MR) is 85.1 cm³/mol. The zero-order chi connectivity index (χ0) is 14.2. The summed E-state index contributed by atoms with van der Waals surface area (Å²) in [4.78, 5) is 0. The van der Waals surface area contributed by atoms with Crippen LogP contribution in [0.5, 0.6) is 0 Å². The molecular formula is C17H16N4. The number of aromatic nitrogens is 2. The molecule has 21 heavy (non-hydrogen) atoms. The van der Waals surface area contributed by atoms with Gasteiger partial charge < -0.3 is 11.1 Å². The molecule has 1 aromatic heterocycles. The van der Waals surface area contributed by atoms with E-state index in [1.165, 1.54) is 11.1 Å². The van der Waals surface area contributed by atoms with Crippen LogP contribution < -0.4 is 11.1 Å². The molecule has 1 aliphatic rings. The van der Waals surface area contributed by atoms with Crippen LogP contribution in [0.2, 0.25) is 0 Å². The second kappa shape index (κ2) is 4.74. The molecule has 0 amide bonds. The van der Waals surface area contributed by atoms with Gasteiger partial charge in [-0.1, -0.05) is 24.3 Å². The second-order valence-electron chi connectivity index (χ2n) is 5.47. The molecule has 0 bridgehead atoms. The van der Waals surface area contributed by atoms with Crippen LogP contribution in [-0.4, -0.2) is 10.2 Å². The summed E-state index contributed by atoms with van der Waals surface area (Å²) in [6, 6.07) is 14.6. The van der Waals surface area contributed by atoms with E-state index in [1.807, 2.05) is 24.3 Å². The number of nitrogens with zero attached hydrogens (tertiary/aromatic N) is 2. The number of hydrogen-bond acceptors (Lipinski definition) is 4. The van der Waals surface area contributed by atoms with Crippen LogP contribution in [-0.2, 0) is 6.42 Å². The van der Waals surface area contributed by atoms with E-state index in [-0.39, 0.29) is 0 Å². The maximum absolute atomic E-state index is 5.86. The van der Waals surface area contributed by atoms with Crippen LogP contribution in [0.15, 0.2) is 48.7 Å². The average molecular weight is 276 g/mol. The monoisotopic (exact) mass is 276 g/mol. The molecule has 0 saturated carbocycles. The van der Waals surface area contributed by atoms with Gasteiger partial charge in [0, 0.05) is 11.1 Å². The summed E-state index contributed by atoms with van der Waals surface area (Å²) in [5.41, 5.74) is 11.3. The lowest BCUT2D eigenvalue weighted by Gasteiger charge is -2.16. The molecule has 2 aromatic carbocycles. The Kier molecular flexibility index (Phi) is 2.74. The van der Waals surface area contributed by atoms with E-state index >= 15 is 0 Å². The molecule has 0 fully saturated rings. The summed E-state index contributed by atoms with van der Waals surface area (Å²) in [6.45, 7) is 0. The van der Waals surface area contributed by atoms with Gasteiger partial charge in [-0.05, 0) is 42.2 Å². The Labute approximate surface area is 123 Å². The molecule has 0 saturated heterocycles. The molecule has 0 radical (unpaired) electrons. The van der Waals surface area contributed by atoms with Gasteiger partial charge >= 0.3 is 0 Å². The standard InChI is InChI=1S/C17H16N4/c18-12-6-7-13-11(9-12)5-8-15(13)20-17-10-19-21-16-4-2-1-3-14(16)17/h1-4,6-7,9-10,15H,5,8,18H2,(H,20,21). The van der Waals surface area contributed by atoms with Gasteiger partial charge in [0.2, 0.25) is 0 Å². The lowest BCUT2D eigenvalue weighted by atomic mass is 10.1. The Morgan fingerprint density at radius 2 is 2.05 bits per heavy atom. The summed E-state index contributed by atoms with van der Waals surface area (Å²) in [7, 11) is 0. The van der Waals surface area contributed by atoms with Crippen molar-refractivity contribution in [1.29, 1.82) is 0 Å². The smallest absolute Gasteiger partial charge is 0.0950 e. The van der Waals surface area contributed by atoms with Crippen molar-refractivity contribution in [3.8, 4) is 0 Å². The highest BCUT2D eigenvalue weighted by Gasteiger charge is 2.22. The number of nitrogen functional groups attached to an aromatic ring is 1. The summed E-state index contributed by atoms with van der Waals surface area (Å²) in [5.74, 6) is 0. The third kappa shape index (κ3) is 2.09. The van der Waals surface area contributed by atoms with Crippen molar-refractivity contribution in [3.63, 3.8) is 0 Å². The van der Waals surface area contributed by atoms with Crippen molar-refractivity contribution in [3.05, 3.63) is 59.8 Å². The average Bonchev–Trinajstić information content (AvgIpc) is 2.90. The van der Waals surface area contributed by atoms with Gasteiger partial charge in [-0.3, -0.25) is 0 Å². The first-order valence-electron chi connectivity index (χ1n) is 7.16. The SMILES string of the molecule is Nc1ccc2c(c1)CCC2Nc1cnnc2ccccc12. The molecule has 4 nitrogen and oxygen atoms in total. The first-order chi connectivity index (χ1) is 10.3. The van der Waals surface area contributed by atoms with E-state index in [0.29, 0.717) is 6.04 Å². The third-order valence-electron chi connectivity index (χ3n) is 4.12. The zero-order valence-electron chi connectivity index (χ0n) is 11.6. The van der Waals surface area contributed by atoms with E-state index in [2.05, 4.69) is 33.7 Å². The quantitative estimate of drug-likeness (QED) is 0.705. The van der Waals surface area contributed by atoms with Crippen molar-refractivity contribution in [2.24, 2.45) is 0 Å². The largest absolute Gasteiger partial charge is 0.399 e. The molecule has 1 heterocycles. The van der Waals surface area contributed by atoms with Crippen LogP contribution in [0, 0.1) is 0 Å². The lowest BCUT2D eigenvalue weighted by Crippen LogP contribution is -2.08. The highest BCUT2D eigenvalue weighted by Crippen LogP contribution is 2.35. The van der Waals surface area contributed by atoms with Crippen molar-refractivity contribution in [1.82, 2.24) is 10.2 Å². The number of benzene rings is 2. The number of nitrogens with one attached hydrogen (secondary N) is 1. The number of hydrogen-bond donors (Lipinski definition) is 2. The molecule has 0 spiro atoms. The maximum atomic E-state index is 5.86. The minimum absolute atomic E-state index is 0.313. The first kappa shape index (κ1) is 12.1. The number of anilines is 2. The van der Waals surface area contributed by atoms with Gasteiger partial charge in [-0.15, -0.1) is 0 Å². The Morgan fingerprint density at radius 1 is 1.14 bits per heavy atom. The van der Waals surface area contributed by atoms with Crippen molar-refractivity contribution in [2.75, 3.05) is 11.1 Å². The van der Waals surface area contributed by atoms with Gasteiger partial charge in [0.1, 0.15) is 0 Å². The first-order valence-corrected chi connectivity index (χ1v) is 7.16. The Balaban J connectivity index is 1.71.